The standard InChI is InChI=1S/C12H22/c1-8-6-9-7-10(11(8,2)3)12(9,4)5/h8-10H,6-7H2,1-5H3/t8?,9-,10-/m1/s1. The molecule has 3 aliphatic rings. The maximum absolute atomic E-state index is 2.47. The minimum absolute atomic E-state index is 0.595. The van der Waals surface area contributed by atoms with Gasteiger partial charge in [-0.3, -0.25) is 0 Å². The van der Waals surface area contributed by atoms with Crippen molar-refractivity contribution in [2.45, 2.75) is 47.5 Å². The second kappa shape index (κ2) is 2.08. The fourth-order valence-corrected chi connectivity index (χ4v) is 3.75. The van der Waals surface area contributed by atoms with Gasteiger partial charge >= 0.3 is 0 Å². The highest BCUT2D eigenvalue weighted by Crippen LogP contribution is 2.67. The largest absolute Gasteiger partial charge is 0.0620 e. The quantitative estimate of drug-likeness (QED) is 0.514. The molecule has 0 heterocycles. The normalized spacial score (nSPS) is 48.2. The van der Waals surface area contributed by atoms with Gasteiger partial charge in [0.2, 0.25) is 0 Å². The first-order valence-electron chi connectivity index (χ1n) is 5.37. The summed E-state index contributed by atoms with van der Waals surface area (Å²) in [5.74, 6) is 2.96. The molecule has 3 aliphatic carbocycles. The molecule has 0 aliphatic heterocycles. The van der Waals surface area contributed by atoms with Gasteiger partial charge < -0.3 is 0 Å². The minimum atomic E-state index is 0.595. The lowest BCUT2D eigenvalue weighted by molar-refractivity contribution is -0.170. The second-order valence-electron chi connectivity index (χ2n) is 6.26. The number of hydrogen-bond donors (Lipinski definition) is 0. The van der Waals surface area contributed by atoms with Crippen LogP contribution >= 0.6 is 0 Å². The molecule has 0 radical (unpaired) electrons. The van der Waals surface area contributed by atoms with Crippen LogP contribution in [0.25, 0.3) is 0 Å². The lowest BCUT2D eigenvalue weighted by Gasteiger charge is -2.66. The Morgan fingerprint density at radius 3 is 1.83 bits per heavy atom. The van der Waals surface area contributed by atoms with Gasteiger partial charge in [0.25, 0.3) is 0 Å². The van der Waals surface area contributed by atoms with Crippen molar-refractivity contribution in [2.75, 3.05) is 0 Å². The Balaban J connectivity index is 2.27. The van der Waals surface area contributed by atoms with Crippen molar-refractivity contribution in [3.05, 3.63) is 0 Å². The highest BCUT2D eigenvalue weighted by atomic mass is 14.6. The van der Waals surface area contributed by atoms with Crippen molar-refractivity contribution in [2.24, 2.45) is 28.6 Å². The van der Waals surface area contributed by atoms with Crippen LogP contribution in [0.2, 0.25) is 0 Å². The van der Waals surface area contributed by atoms with Gasteiger partial charge in [0.1, 0.15) is 0 Å². The monoisotopic (exact) mass is 166 g/mol. The van der Waals surface area contributed by atoms with Gasteiger partial charge in [-0.25, -0.2) is 0 Å². The SMILES string of the molecule is CC1C[C@@H]2C[C@H](C1(C)C)C2(C)C. The maximum Gasteiger partial charge on any atom is -0.0292 e. The van der Waals surface area contributed by atoms with E-state index >= 15 is 0 Å². The lowest BCUT2D eigenvalue weighted by atomic mass is 9.39. The molecule has 3 atom stereocenters. The Morgan fingerprint density at radius 1 is 0.917 bits per heavy atom. The zero-order valence-electron chi connectivity index (χ0n) is 9.15. The molecule has 2 bridgehead atoms. The van der Waals surface area contributed by atoms with Gasteiger partial charge in [0.15, 0.2) is 0 Å². The molecule has 3 saturated carbocycles. The molecule has 0 saturated heterocycles. The van der Waals surface area contributed by atoms with Gasteiger partial charge in [0.05, 0.1) is 0 Å². The molecule has 0 nitrogen and oxygen atoms in total. The smallest absolute Gasteiger partial charge is 0.0292 e. The molecule has 70 valence electrons. The van der Waals surface area contributed by atoms with Crippen LogP contribution < -0.4 is 0 Å². The van der Waals surface area contributed by atoms with E-state index in [0.717, 1.165) is 17.8 Å². The summed E-state index contributed by atoms with van der Waals surface area (Å²) in [6.45, 7) is 12.3. The Bertz CT molecular complexity index is 200. The van der Waals surface area contributed by atoms with Crippen LogP contribution in [0.4, 0.5) is 0 Å². The van der Waals surface area contributed by atoms with Crippen LogP contribution in [0, 0.1) is 28.6 Å². The molecule has 1 unspecified atom stereocenters. The van der Waals surface area contributed by atoms with Crippen molar-refractivity contribution in [1.29, 1.82) is 0 Å². The average molecular weight is 166 g/mol. The molecule has 12 heavy (non-hydrogen) atoms. The Morgan fingerprint density at radius 2 is 1.50 bits per heavy atom. The molecule has 0 aromatic heterocycles. The molecule has 0 aromatic carbocycles. The molecule has 0 amide bonds. The molecular formula is C12H22. The average Bonchev–Trinajstić information content (AvgIpc) is 1.93. The van der Waals surface area contributed by atoms with Gasteiger partial charge in [-0.15, -0.1) is 0 Å². The van der Waals surface area contributed by atoms with Crippen molar-refractivity contribution < 1.29 is 0 Å². The summed E-state index contributed by atoms with van der Waals surface area (Å²) in [6.07, 6.45) is 2.97. The fourth-order valence-electron chi connectivity index (χ4n) is 3.75. The van der Waals surface area contributed by atoms with Crippen LogP contribution in [0.15, 0.2) is 0 Å². The fraction of sp³-hybridized carbons (Fsp3) is 1.00. The van der Waals surface area contributed by atoms with Crippen LogP contribution in [0.3, 0.4) is 0 Å². The number of hydrogen-bond acceptors (Lipinski definition) is 0. The van der Waals surface area contributed by atoms with Crippen molar-refractivity contribution in [3.63, 3.8) is 0 Å². The van der Waals surface area contributed by atoms with E-state index in [-0.39, 0.29) is 0 Å². The molecule has 0 heteroatoms. The molecule has 0 N–H and O–H groups in total. The zero-order valence-corrected chi connectivity index (χ0v) is 9.15. The summed E-state index contributed by atoms with van der Waals surface area (Å²) in [6, 6.07) is 0. The summed E-state index contributed by atoms with van der Waals surface area (Å²) in [5.41, 5.74) is 1.24. The summed E-state index contributed by atoms with van der Waals surface area (Å²) in [7, 11) is 0. The van der Waals surface area contributed by atoms with Gasteiger partial charge in [-0.2, -0.15) is 0 Å². The van der Waals surface area contributed by atoms with Crippen molar-refractivity contribution >= 4 is 0 Å². The van der Waals surface area contributed by atoms with E-state index in [1.807, 2.05) is 0 Å². The minimum Gasteiger partial charge on any atom is -0.0620 e. The van der Waals surface area contributed by atoms with E-state index < -0.39 is 0 Å². The second-order valence-corrected chi connectivity index (χ2v) is 6.26. The van der Waals surface area contributed by atoms with Gasteiger partial charge in [0, 0.05) is 0 Å². The van der Waals surface area contributed by atoms with E-state index in [0.29, 0.717) is 10.8 Å². The predicted molar refractivity (Wildman–Crippen MR) is 52.9 cm³/mol. The van der Waals surface area contributed by atoms with E-state index in [1.165, 1.54) is 12.8 Å². The molecule has 0 aromatic rings. The summed E-state index contributed by atoms with van der Waals surface area (Å²) >= 11 is 0. The molecular weight excluding hydrogens is 144 g/mol. The lowest BCUT2D eigenvalue weighted by Crippen LogP contribution is -2.58. The van der Waals surface area contributed by atoms with Crippen molar-refractivity contribution in [3.8, 4) is 0 Å². The summed E-state index contributed by atoms with van der Waals surface area (Å²) in [4.78, 5) is 0. The van der Waals surface area contributed by atoms with E-state index in [4.69, 9.17) is 0 Å². The number of fused-ring (bicyclic) bond motifs is 2. The van der Waals surface area contributed by atoms with E-state index in [1.54, 1.807) is 0 Å². The maximum atomic E-state index is 2.47. The van der Waals surface area contributed by atoms with Crippen molar-refractivity contribution in [1.82, 2.24) is 0 Å². The summed E-state index contributed by atoms with van der Waals surface area (Å²) in [5, 5.41) is 0. The first-order valence-corrected chi connectivity index (χ1v) is 5.37. The Hall–Kier alpha value is 0. The molecule has 3 fully saturated rings. The molecule has 3 rings (SSSR count). The zero-order chi connectivity index (χ0) is 9.15. The highest BCUT2D eigenvalue weighted by molar-refractivity contribution is 5.08. The van der Waals surface area contributed by atoms with Gasteiger partial charge in [-0.1, -0.05) is 34.6 Å². The first kappa shape index (κ1) is 8.59. The Kier molecular flexibility index (Phi) is 1.49. The Labute approximate surface area is 76.7 Å². The van der Waals surface area contributed by atoms with Crippen LogP contribution in [0.1, 0.15) is 47.5 Å². The highest BCUT2D eigenvalue weighted by Gasteiger charge is 2.59. The predicted octanol–water partition coefficient (Wildman–Crippen LogP) is 3.71. The number of rotatable bonds is 0. The van der Waals surface area contributed by atoms with Crippen LogP contribution in [-0.2, 0) is 0 Å². The third kappa shape index (κ3) is 0.791. The topological polar surface area (TPSA) is 0 Å². The van der Waals surface area contributed by atoms with Crippen LogP contribution in [0.5, 0.6) is 0 Å². The van der Waals surface area contributed by atoms with Crippen LogP contribution in [-0.4, -0.2) is 0 Å². The van der Waals surface area contributed by atoms with E-state index in [9.17, 15) is 0 Å². The van der Waals surface area contributed by atoms with E-state index in [2.05, 4.69) is 34.6 Å². The summed E-state index contributed by atoms with van der Waals surface area (Å²) < 4.78 is 0. The third-order valence-electron chi connectivity index (χ3n) is 5.28. The molecule has 0 spiro atoms. The third-order valence-corrected chi connectivity index (χ3v) is 5.28. The van der Waals surface area contributed by atoms with Gasteiger partial charge in [-0.05, 0) is 41.4 Å². The first-order chi connectivity index (χ1) is 5.37.